The average Bonchev–Trinajstić information content (AvgIpc) is 3.22. The molecule has 1 fully saturated rings. The van der Waals surface area contributed by atoms with Crippen LogP contribution in [0, 0.1) is 0 Å². The normalized spacial score (nSPS) is 17.9. The van der Waals surface area contributed by atoms with E-state index in [1.165, 1.54) is 5.57 Å². The average molecular weight is 366 g/mol. The molecule has 0 aliphatic carbocycles. The summed E-state index contributed by atoms with van der Waals surface area (Å²) < 4.78 is 5.53. The van der Waals surface area contributed by atoms with Gasteiger partial charge in [0.1, 0.15) is 11.5 Å². The molecule has 1 saturated heterocycles. The number of furan rings is 1. The van der Waals surface area contributed by atoms with E-state index in [1.54, 1.807) is 23.4 Å². The number of carbonyl (C=O) groups excluding carboxylic acids is 2. The molecule has 27 heavy (non-hydrogen) atoms. The van der Waals surface area contributed by atoms with Gasteiger partial charge in [-0.1, -0.05) is 5.57 Å². The van der Waals surface area contributed by atoms with E-state index < -0.39 is 0 Å². The number of nitrogens with zero attached hydrogens (tertiary/aromatic N) is 3. The van der Waals surface area contributed by atoms with Crippen molar-refractivity contribution in [3.05, 3.63) is 53.8 Å². The van der Waals surface area contributed by atoms with Gasteiger partial charge in [0.15, 0.2) is 0 Å². The summed E-state index contributed by atoms with van der Waals surface area (Å²) >= 11 is 0. The molecule has 0 unspecified atom stereocenters. The molecule has 2 amide bonds. The Hall–Kier alpha value is -3.09. The van der Waals surface area contributed by atoms with Crippen LogP contribution in [-0.4, -0.2) is 54.4 Å². The molecule has 0 atom stereocenters. The summed E-state index contributed by atoms with van der Waals surface area (Å²) in [7, 11) is 0. The molecule has 4 heterocycles. The molecule has 7 nitrogen and oxygen atoms in total. The Balaban J connectivity index is 1.53. The quantitative estimate of drug-likeness (QED) is 0.898. The minimum absolute atomic E-state index is 0.00864. The van der Waals surface area contributed by atoms with Crippen LogP contribution in [0.3, 0.4) is 0 Å². The zero-order valence-electron chi connectivity index (χ0n) is 15.3. The third kappa shape index (κ3) is 3.58. The maximum absolute atomic E-state index is 13.0. The van der Waals surface area contributed by atoms with Crippen molar-refractivity contribution in [2.45, 2.75) is 13.3 Å². The van der Waals surface area contributed by atoms with Gasteiger partial charge in [-0.05, 0) is 37.6 Å². The Labute approximate surface area is 157 Å². The number of nitrogens with one attached hydrogen (secondary N) is 1. The Morgan fingerprint density at radius 1 is 1.26 bits per heavy atom. The lowest BCUT2D eigenvalue weighted by atomic mass is 9.99. The van der Waals surface area contributed by atoms with Crippen molar-refractivity contribution in [2.24, 2.45) is 0 Å². The fourth-order valence-corrected chi connectivity index (χ4v) is 3.52. The van der Waals surface area contributed by atoms with E-state index in [9.17, 15) is 9.59 Å². The van der Waals surface area contributed by atoms with E-state index >= 15 is 0 Å². The van der Waals surface area contributed by atoms with E-state index in [0.717, 1.165) is 30.0 Å². The number of rotatable bonds is 3. The van der Waals surface area contributed by atoms with E-state index in [0.29, 0.717) is 31.9 Å². The van der Waals surface area contributed by atoms with Crippen LogP contribution < -0.4 is 10.2 Å². The van der Waals surface area contributed by atoms with E-state index in [-0.39, 0.29) is 11.8 Å². The largest absolute Gasteiger partial charge is 0.465 e. The molecule has 7 heteroatoms. The first-order valence-electron chi connectivity index (χ1n) is 9.11. The predicted molar refractivity (Wildman–Crippen MR) is 101 cm³/mol. The molecule has 140 valence electrons. The van der Waals surface area contributed by atoms with Gasteiger partial charge in [-0.25, -0.2) is 0 Å². The fourth-order valence-electron chi connectivity index (χ4n) is 3.52. The van der Waals surface area contributed by atoms with Gasteiger partial charge in [-0.3, -0.25) is 14.6 Å². The molecular weight excluding hydrogens is 344 g/mol. The van der Waals surface area contributed by atoms with Gasteiger partial charge in [-0.15, -0.1) is 0 Å². The lowest BCUT2D eigenvalue weighted by Crippen LogP contribution is -2.47. The van der Waals surface area contributed by atoms with Crippen molar-refractivity contribution >= 4 is 23.1 Å². The smallest absolute Gasteiger partial charge is 0.272 e. The molecule has 2 aliphatic rings. The standard InChI is InChI=1S/C20H22N4O3/c1-14-5-8-24(12-16(14)18-3-2-10-27-18)20(26)17-11-15(4-6-21-17)23-9-7-22-19(25)13-23/h2-4,6,10-11H,5,7-9,12-13H2,1H3,(H,22,25). The summed E-state index contributed by atoms with van der Waals surface area (Å²) in [6, 6.07) is 7.39. The molecule has 4 rings (SSSR count). The highest BCUT2D eigenvalue weighted by Gasteiger charge is 2.26. The summed E-state index contributed by atoms with van der Waals surface area (Å²) in [5.74, 6) is 0.701. The first-order chi connectivity index (χ1) is 13.1. The Kier molecular flexibility index (Phi) is 4.66. The zero-order valence-corrected chi connectivity index (χ0v) is 15.3. The molecule has 2 aromatic rings. The monoisotopic (exact) mass is 366 g/mol. The summed E-state index contributed by atoms with van der Waals surface area (Å²) in [5.41, 5.74) is 3.55. The Morgan fingerprint density at radius 3 is 2.93 bits per heavy atom. The van der Waals surface area contributed by atoms with Gasteiger partial charge >= 0.3 is 0 Å². The van der Waals surface area contributed by atoms with Gasteiger partial charge in [0, 0.05) is 43.6 Å². The highest BCUT2D eigenvalue weighted by atomic mass is 16.3. The topological polar surface area (TPSA) is 78.7 Å². The van der Waals surface area contributed by atoms with Crippen LogP contribution in [0.15, 0.2) is 46.7 Å². The zero-order chi connectivity index (χ0) is 18.8. The first kappa shape index (κ1) is 17.3. The number of piperazine rings is 1. The van der Waals surface area contributed by atoms with Crippen LogP contribution >= 0.6 is 0 Å². The number of pyridine rings is 1. The maximum Gasteiger partial charge on any atom is 0.272 e. The number of amides is 2. The van der Waals surface area contributed by atoms with Crippen LogP contribution in [-0.2, 0) is 4.79 Å². The van der Waals surface area contributed by atoms with Gasteiger partial charge in [0.25, 0.3) is 5.91 Å². The molecule has 0 aromatic carbocycles. The lowest BCUT2D eigenvalue weighted by Gasteiger charge is -2.30. The van der Waals surface area contributed by atoms with Crippen molar-refractivity contribution in [1.29, 1.82) is 0 Å². The third-order valence-corrected chi connectivity index (χ3v) is 5.09. The van der Waals surface area contributed by atoms with Gasteiger partial charge in [0.2, 0.25) is 5.91 Å². The van der Waals surface area contributed by atoms with Crippen LogP contribution in [0.2, 0.25) is 0 Å². The van der Waals surface area contributed by atoms with Crippen LogP contribution in [0.25, 0.3) is 5.57 Å². The summed E-state index contributed by atoms with van der Waals surface area (Å²) in [4.78, 5) is 32.7. The number of carbonyl (C=O) groups is 2. The molecule has 1 N–H and O–H groups in total. The first-order valence-corrected chi connectivity index (χ1v) is 9.11. The Morgan fingerprint density at radius 2 is 2.15 bits per heavy atom. The second-order valence-corrected chi connectivity index (χ2v) is 6.88. The highest BCUT2D eigenvalue weighted by molar-refractivity contribution is 5.94. The van der Waals surface area contributed by atoms with Crippen molar-refractivity contribution in [3.8, 4) is 0 Å². The molecule has 2 aliphatic heterocycles. The molecule has 0 bridgehead atoms. The fraction of sp³-hybridized carbons (Fsp3) is 0.350. The van der Waals surface area contributed by atoms with E-state index in [1.807, 2.05) is 23.1 Å². The Bertz CT molecular complexity index is 888. The highest BCUT2D eigenvalue weighted by Crippen LogP contribution is 2.27. The number of hydrogen-bond donors (Lipinski definition) is 1. The summed E-state index contributed by atoms with van der Waals surface area (Å²) in [6.45, 7) is 4.87. The second kappa shape index (κ2) is 7.26. The summed E-state index contributed by atoms with van der Waals surface area (Å²) in [5, 5.41) is 2.81. The molecule has 0 spiro atoms. The third-order valence-electron chi connectivity index (χ3n) is 5.09. The van der Waals surface area contributed by atoms with E-state index in [4.69, 9.17) is 4.42 Å². The minimum Gasteiger partial charge on any atom is -0.465 e. The molecule has 0 radical (unpaired) electrons. The minimum atomic E-state index is -0.102. The van der Waals surface area contributed by atoms with Crippen molar-refractivity contribution < 1.29 is 14.0 Å². The lowest BCUT2D eigenvalue weighted by molar-refractivity contribution is -0.120. The maximum atomic E-state index is 13.0. The number of anilines is 1. The second-order valence-electron chi connectivity index (χ2n) is 6.88. The van der Waals surface area contributed by atoms with Gasteiger partial charge in [-0.2, -0.15) is 0 Å². The van der Waals surface area contributed by atoms with Gasteiger partial charge < -0.3 is 19.5 Å². The van der Waals surface area contributed by atoms with Gasteiger partial charge in [0.05, 0.1) is 12.8 Å². The van der Waals surface area contributed by atoms with Crippen LogP contribution in [0.1, 0.15) is 29.6 Å². The SMILES string of the molecule is CC1=C(c2ccco2)CN(C(=O)c2cc(N3CCNC(=O)C3)ccn2)CC1. The predicted octanol–water partition coefficient (Wildman–Crippen LogP) is 1.93. The number of hydrogen-bond acceptors (Lipinski definition) is 5. The van der Waals surface area contributed by atoms with Crippen LogP contribution in [0.5, 0.6) is 0 Å². The van der Waals surface area contributed by atoms with E-state index in [2.05, 4.69) is 17.2 Å². The molecular formula is C20H22N4O3. The van der Waals surface area contributed by atoms with Crippen LogP contribution in [0.4, 0.5) is 5.69 Å². The molecule has 0 saturated carbocycles. The summed E-state index contributed by atoms with van der Waals surface area (Å²) in [6.07, 6.45) is 4.09. The molecule has 2 aromatic heterocycles. The van der Waals surface area contributed by atoms with Crippen molar-refractivity contribution in [1.82, 2.24) is 15.2 Å². The number of aromatic nitrogens is 1. The van der Waals surface area contributed by atoms with Crippen molar-refractivity contribution in [3.63, 3.8) is 0 Å². The van der Waals surface area contributed by atoms with Crippen molar-refractivity contribution in [2.75, 3.05) is 37.6 Å².